The number of nitrogen functional groups attached to an aromatic ring is 1. The number of hydrogen-bond acceptors (Lipinski definition) is 2. The van der Waals surface area contributed by atoms with E-state index in [4.69, 9.17) is 5.73 Å². The van der Waals surface area contributed by atoms with Gasteiger partial charge < -0.3 is 11.1 Å². The molecule has 0 heterocycles. The topological polar surface area (TPSA) is 55.1 Å². The third-order valence-electron chi connectivity index (χ3n) is 3.09. The van der Waals surface area contributed by atoms with Gasteiger partial charge in [0, 0.05) is 11.3 Å². The third-order valence-corrected chi connectivity index (χ3v) is 3.09. The largest absolute Gasteiger partial charge is 0.396 e. The summed E-state index contributed by atoms with van der Waals surface area (Å²) in [5.74, 6) is -0.320. The summed E-state index contributed by atoms with van der Waals surface area (Å²) in [7, 11) is 0. The summed E-state index contributed by atoms with van der Waals surface area (Å²) in [5.41, 5.74) is 7.67. The van der Waals surface area contributed by atoms with Gasteiger partial charge in [-0.25, -0.2) is 4.39 Å². The Balaban J connectivity index is 2.13. The van der Waals surface area contributed by atoms with Crippen LogP contribution in [-0.4, -0.2) is 5.91 Å². The van der Waals surface area contributed by atoms with E-state index in [0.29, 0.717) is 17.2 Å². The van der Waals surface area contributed by atoms with Crippen LogP contribution in [0.3, 0.4) is 0 Å². The normalized spacial score (nSPS) is 10.6. The fourth-order valence-corrected chi connectivity index (χ4v) is 1.84. The van der Waals surface area contributed by atoms with Crippen LogP contribution < -0.4 is 11.1 Å². The summed E-state index contributed by atoms with van der Waals surface area (Å²) < 4.78 is 13.0. The van der Waals surface area contributed by atoms with Crippen molar-refractivity contribution in [2.75, 3.05) is 11.1 Å². The average Bonchev–Trinajstić information content (AvgIpc) is 2.43. The third kappa shape index (κ3) is 3.15. The number of nitrogens with one attached hydrogen (secondary N) is 1. The summed E-state index contributed by atoms with van der Waals surface area (Å²) in [4.78, 5) is 12.0. The molecule has 3 nitrogen and oxygen atoms in total. The highest BCUT2D eigenvalue weighted by atomic mass is 19.1. The Hall–Kier alpha value is -2.36. The quantitative estimate of drug-likeness (QED) is 0.835. The lowest BCUT2D eigenvalue weighted by Crippen LogP contribution is -2.12. The molecule has 104 valence electrons. The maximum absolute atomic E-state index is 13.0. The first-order valence-corrected chi connectivity index (χ1v) is 6.43. The lowest BCUT2D eigenvalue weighted by atomic mass is 10.0. The van der Waals surface area contributed by atoms with Crippen LogP contribution in [0.25, 0.3) is 0 Å². The molecule has 0 saturated heterocycles. The predicted molar refractivity (Wildman–Crippen MR) is 79.3 cm³/mol. The number of anilines is 2. The van der Waals surface area contributed by atoms with Crippen LogP contribution in [0.2, 0.25) is 0 Å². The molecule has 2 aromatic carbocycles. The molecule has 4 heteroatoms. The minimum absolute atomic E-state index is 0.0120. The summed E-state index contributed by atoms with van der Waals surface area (Å²) in [6.07, 6.45) is 0. The zero-order valence-electron chi connectivity index (χ0n) is 11.5. The van der Waals surface area contributed by atoms with Crippen LogP contribution in [-0.2, 0) is 0 Å². The van der Waals surface area contributed by atoms with E-state index in [1.54, 1.807) is 12.1 Å². The summed E-state index contributed by atoms with van der Waals surface area (Å²) in [5, 5.41) is 2.69. The van der Waals surface area contributed by atoms with Crippen LogP contribution in [0, 0.1) is 5.82 Å². The molecule has 0 unspecified atom stereocenters. The van der Waals surface area contributed by atoms with Gasteiger partial charge in [0.15, 0.2) is 0 Å². The summed E-state index contributed by atoms with van der Waals surface area (Å²) >= 11 is 0. The maximum Gasteiger partial charge on any atom is 0.255 e. The first-order chi connectivity index (χ1) is 9.47. The van der Waals surface area contributed by atoms with E-state index in [1.165, 1.54) is 23.8 Å². The van der Waals surface area contributed by atoms with Gasteiger partial charge in [-0.05, 0) is 41.8 Å². The van der Waals surface area contributed by atoms with E-state index in [-0.39, 0.29) is 11.6 Å². The minimum Gasteiger partial charge on any atom is -0.396 e. The number of halogens is 1. The standard InChI is InChI=1S/C16H17FN2O/c1-10(2)11-3-5-12(6-4-11)16(20)19-13-7-8-14(17)15(18)9-13/h3-10H,18H2,1-2H3,(H,19,20). The molecule has 0 spiro atoms. The first kappa shape index (κ1) is 14.1. The van der Waals surface area contributed by atoms with Crippen molar-refractivity contribution < 1.29 is 9.18 Å². The van der Waals surface area contributed by atoms with Crippen molar-refractivity contribution in [2.24, 2.45) is 0 Å². The molecule has 2 aromatic rings. The highest BCUT2D eigenvalue weighted by molar-refractivity contribution is 6.04. The van der Waals surface area contributed by atoms with E-state index in [9.17, 15) is 9.18 Å². The number of nitrogens with two attached hydrogens (primary N) is 1. The molecular weight excluding hydrogens is 255 g/mol. The van der Waals surface area contributed by atoms with Gasteiger partial charge in [-0.15, -0.1) is 0 Å². The van der Waals surface area contributed by atoms with Crippen molar-refractivity contribution in [3.05, 3.63) is 59.4 Å². The monoisotopic (exact) mass is 272 g/mol. The molecule has 0 bridgehead atoms. The van der Waals surface area contributed by atoms with Gasteiger partial charge in [0.05, 0.1) is 5.69 Å². The van der Waals surface area contributed by atoms with Gasteiger partial charge in [-0.1, -0.05) is 26.0 Å². The number of carbonyl (C=O) groups excluding carboxylic acids is 1. The molecule has 0 atom stereocenters. The van der Waals surface area contributed by atoms with Gasteiger partial charge in [0.2, 0.25) is 0 Å². The van der Waals surface area contributed by atoms with Gasteiger partial charge in [0.25, 0.3) is 5.91 Å². The van der Waals surface area contributed by atoms with E-state index in [1.807, 2.05) is 12.1 Å². The van der Waals surface area contributed by atoms with Crippen molar-refractivity contribution in [3.63, 3.8) is 0 Å². The molecular formula is C16H17FN2O. The number of hydrogen-bond donors (Lipinski definition) is 2. The lowest BCUT2D eigenvalue weighted by molar-refractivity contribution is 0.102. The Labute approximate surface area is 117 Å². The molecule has 0 fully saturated rings. The smallest absolute Gasteiger partial charge is 0.255 e. The second-order valence-corrected chi connectivity index (χ2v) is 4.97. The Morgan fingerprint density at radius 2 is 1.80 bits per heavy atom. The molecule has 3 N–H and O–H groups in total. The average molecular weight is 272 g/mol. The van der Waals surface area contributed by atoms with Crippen LogP contribution in [0.1, 0.15) is 35.7 Å². The number of carbonyl (C=O) groups is 1. The predicted octanol–water partition coefficient (Wildman–Crippen LogP) is 3.78. The van der Waals surface area contributed by atoms with Gasteiger partial charge >= 0.3 is 0 Å². The molecule has 2 rings (SSSR count). The van der Waals surface area contributed by atoms with Crippen molar-refractivity contribution in [2.45, 2.75) is 19.8 Å². The molecule has 20 heavy (non-hydrogen) atoms. The van der Waals surface area contributed by atoms with E-state index >= 15 is 0 Å². The van der Waals surface area contributed by atoms with Crippen LogP contribution in [0.5, 0.6) is 0 Å². The second-order valence-electron chi connectivity index (χ2n) is 4.97. The molecule has 1 amide bonds. The van der Waals surface area contributed by atoms with Gasteiger partial charge in [-0.3, -0.25) is 4.79 Å². The number of benzene rings is 2. The summed E-state index contributed by atoms with van der Waals surface area (Å²) in [6, 6.07) is 11.5. The van der Waals surface area contributed by atoms with E-state index in [0.717, 1.165) is 0 Å². The van der Waals surface area contributed by atoms with Gasteiger partial charge in [0.1, 0.15) is 5.82 Å². The number of rotatable bonds is 3. The molecule has 0 aromatic heterocycles. The molecule has 0 saturated carbocycles. The van der Waals surface area contributed by atoms with Crippen LogP contribution >= 0.6 is 0 Å². The molecule has 0 radical (unpaired) electrons. The molecule has 0 aliphatic rings. The Morgan fingerprint density at radius 1 is 1.15 bits per heavy atom. The minimum atomic E-state index is -0.496. The van der Waals surface area contributed by atoms with Crippen molar-refractivity contribution in [3.8, 4) is 0 Å². The summed E-state index contributed by atoms with van der Waals surface area (Å²) in [6.45, 7) is 4.19. The Bertz CT molecular complexity index is 621. The van der Waals surface area contributed by atoms with Crippen molar-refractivity contribution in [1.82, 2.24) is 0 Å². The van der Waals surface area contributed by atoms with Crippen molar-refractivity contribution in [1.29, 1.82) is 0 Å². The Kier molecular flexibility index (Phi) is 4.03. The fourth-order valence-electron chi connectivity index (χ4n) is 1.84. The fraction of sp³-hybridized carbons (Fsp3) is 0.188. The lowest BCUT2D eigenvalue weighted by Gasteiger charge is -2.08. The van der Waals surface area contributed by atoms with Crippen molar-refractivity contribution >= 4 is 17.3 Å². The number of amides is 1. The SMILES string of the molecule is CC(C)c1ccc(C(=O)Nc2ccc(F)c(N)c2)cc1. The zero-order valence-corrected chi connectivity index (χ0v) is 11.5. The van der Waals surface area contributed by atoms with Crippen LogP contribution in [0.4, 0.5) is 15.8 Å². The van der Waals surface area contributed by atoms with Gasteiger partial charge in [-0.2, -0.15) is 0 Å². The molecule has 0 aliphatic heterocycles. The molecule has 0 aliphatic carbocycles. The zero-order chi connectivity index (χ0) is 14.7. The first-order valence-electron chi connectivity index (χ1n) is 6.43. The second kappa shape index (κ2) is 5.74. The highest BCUT2D eigenvalue weighted by Gasteiger charge is 2.08. The Morgan fingerprint density at radius 3 is 2.35 bits per heavy atom. The van der Waals surface area contributed by atoms with E-state index in [2.05, 4.69) is 19.2 Å². The van der Waals surface area contributed by atoms with E-state index < -0.39 is 5.82 Å². The van der Waals surface area contributed by atoms with Crippen LogP contribution in [0.15, 0.2) is 42.5 Å². The highest BCUT2D eigenvalue weighted by Crippen LogP contribution is 2.18. The maximum atomic E-state index is 13.0.